The Hall–Kier alpha value is -2.84. The van der Waals surface area contributed by atoms with Crippen molar-refractivity contribution in [2.75, 3.05) is 5.23 Å². The van der Waals surface area contributed by atoms with Gasteiger partial charge in [-0.15, -0.1) is 0 Å². The van der Waals surface area contributed by atoms with E-state index in [0.29, 0.717) is 5.56 Å². The van der Waals surface area contributed by atoms with Gasteiger partial charge in [0.15, 0.2) is 0 Å². The molecule has 0 radical (unpaired) electrons. The molecule has 8 nitrogen and oxygen atoms in total. The van der Waals surface area contributed by atoms with Gasteiger partial charge < -0.3 is 9.52 Å². The van der Waals surface area contributed by atoms with E-state index in [1.165, 1.54) is 42.6 Å². The minimum Gasteiger partial charge on any atom is -0.508 e. The highest BCUT2D eigenvalue weighted by atomic mass is 16.8. The number of nitrogens with one attached hydrogen (secondary N) is 1. The minimum atomic E-state index is -0.459. The van der Waals surface area contributed by atoms with Gasteiger partial charge >= 0.3 is 0 Å². The normalized spacial score (nSPS) is 10.7. The first-order valence-corrected chi connectivity index (χ1v) is 5.46. The van der Waals surface area contributed by atoms with Gasteiger partial charge in [0.25, 0.3) is 5.91 Å². The second-order valence-corrected chi connectivity index (χ2v) is 3.71. The summed E-state index contributed by atoms with van der Waals surface area (Å²) in [7, 11) is 0. The lowest BCUT2D eigenvalue weighted by atomic mass is 10.2. The Bertz CT molecular complexity index is 618. The summed E-state index contributed by atoms with van der Waals surface area (Å²) in [5, 5.41) is 29.9. The third-order valence-electron chi connectivity index (χ3n) is 2.30. The molecule has 8 heteroatoms. The van der Waals surface area contributed by atoms with Crippen LogP contribution in [0.1, 0.15) is 16.1 Å². The summed E-state index contributed by atoms with van der Waals surface area (Å²) in [6, 6.07) is 8.40. The number of rotatable bonds is 4. The molecule has 1 aromatic heterocycles. The van der Waals surface area contributed by atoms with E-state index in [4.69, 9.17) is 19.9 Å². The fraction of sp³-hybridized carbons (Fsp3) is 0. The quantitative estimate of drug-likeness (QED) is 0.494. The van der Waals surface area contributed by atoms with Crippen molar-refractivity contribution in [3.63, 3.8) is 0 Å². The summed E-state index contributed by atoms with van der Waals surface area (Å²) in [5.74, 6) is -0.361. The van der Waals surface area contributed by atoms with Crippen molar-refractivity contribution < 1.29 is 24.7 Å². The summed E-state index contributed by atoms with van der Waals surface area (Å²) in [4.78, 5) is 11.6. The van der Waals surface area contributed by atoms with Gasteiger partial charge in [-0.1, -0.05) is 5.23 Å². The van der Waals surface area contributed by atoms with E-state index in [9.17, 15) is 4.79 Å². The largest absolute Gasteiger partial charge is 0.508 e. The zero-order valence-corrected chi connectivity index (χ0v) is 10.1. The number of hydrogen-bond acceptors (Lipinski definition) is 7. The number of nitrogens with zero attached hydrogens (tertiary/aromatic N) is 2. The number of furan rings is 1. The Kier molecular flexibility index (Phi) is 3.99. The SMILES string of the molecule is O=C(NN=Cc1ccc(N(O)O)o1)c1ccc(O)cc1. The van der Waals surface area contributed by atoms with Crippen LogP contribution in [0.4, 0.5) is 5.88 Å². The lowest BCUT2D eigenvalue weighted by Gasteiger charge is -2.01. The molecule has 2 rings (SSSR count). The third-order valence-corrected chi connectivity index (χ3v) is 2.30. The van der Waals surface area contributed by atoms with E-state index in [0.717, 1.165) is 0 Å². The van der Waals surface area contributed by atoms with Gasteiger partial charge in [0.1, 0.15) is 11.5 Å². The molecule has 20 heavy (non-hydrogen) atoms. The van der Waals surface area contributed by atoms with Crippen LogP contribution in [0.2, 0.25) is 0 Å². The molecular formula is C12H11N3O5. The molecule has 0 aliphatic carbocycles. The molecule has 1 heterocycles. The number of aromatic hydroxyl groups is 1. The van der Waals surface area contributed by atoms with Gasteiger partial charge in [0.2, 0.25) is 5.88 Å². The molecule has 0 aliphatic heterocycles. The Labute approximate surface area is 113 Å². The minimum absolute atomic E-state index is 0.0609. The molecule has 0 fully saturated rings. The lowest BCUT2D eigenvalue weighted by molar-refractivity contribution is 0.0174. The maximum Gasteiger partial charge on any atom is 0.271 e. The van der Waals surface area contributed by atoms with Gasteiger partial charge in [0.05, 0.1) is 6.21 Å². The molecule has 0 aliphatic rings. The number of carbonyl (C=O) groups is 1. The van der Waals surface area contributed by atoms with Gasteiger partial charge in [-0.2, -0.15) is 5.10 Å². The number of phenolic OH excluding ortho intramolecular Hbond substituents is 1. The first kappa shape index (κ1) is 13.6. The first-order valence-electron chi connectivity index (χ1n) is 5.46. The maximum atomic E-state index is 11.6. The highest BCUT2D eigenvalue weighted by molar-refractivity contribution is 5.94. The molecule has 1 amide bonds. The summed E-state index contributed by atoms with van der Waals surface area (Å²) in [5.41, 5.74) is 2.59. The molecule has 104 valence electrons. The van der Waals surface area contributed by atoms with E-state index < -0.39 is 5.91 Å². The number of carbonyl (C=O) groups excluding carboxylic acids is 1. The van der Waals surface area contributed by atoms with Crippen LogP contribution in [0.5, 0.6) is 5.75 Å². The van der Waals surface area contributed by atoms with Crippen LogP contribution >= 0.6 is 0 Å². The number of phenols is 1. The fourth-order valence-electron chi connectivity index (χ4n) is 1.35. The Morgan fingerprint density at radius 2 is 1.90 bits per heavy atom. The van der Waals surface area contributed by atoms with Crippen LogP contribution in [0.15, 0.2) is 45.9 Å². The molecule has 0 saturated carbocycles. The van der Waals surface area contributed by atoms with E-state index >= 15 is 0 Å². The van der Waals surface area contributed by atoms with Gasteiger partial charge in [0, 0.05) is 11.6 Å². The van der Waals surface area contributed by atoms with E-state index in [1.807, 2.05) is 0 Å². The van der Waals surface area contributed by atoms with Crippen LogP contribution in [0, 0.1) is 0 Å². The number of anilines is 1. The Morgan fingerprint density at radius 3 is 2.50 bits per heavy atom. The number of amides is 1. The summed E-state index contributed by atoms with van der Waals surface area (Å²) >= 11 is 0. The average Bonchev–Trinajstić information content (AvgIpc) is 2.88. The van der Waals surface area contributed by atoms with Crippen molar-refractivity contribution in [2.45, 2.75) is 0 Å². The Balaban J connectivity index is 1.95. The van der Waals surface area contributed by atoms with Crippen molar-refractivity contribution in [3.8, 4) is 5.75 Å². The first-order chi connectivity index (χ1) is 9.56. The highest BCUT2D eigenvalue weighted by Gasteiger charge is 2.05. The lowest BCUT2D eigenvalue weighted by Crippen LogP contribution is -2.17. The van der Waals surface area contributed by atoms with Gasteiger partial charge in [-0.25, -0.2) is 5.43 Å². The number of benzene rings is 1. The van der Waals surface area contributed by atoms with Crippen LogP contribution < -0.4 is 10.7 Å². The maximum absolute atomic E-state index is 11.6. The average molecular weight is 277 g/mol. The van der Waals surface area contributed by atoms with Gasteiger partial charge in [-0.05, 0) is 30.3 Å². The molecular weight excluding hydrogens is 266 g/mol. The molecule has 0 unspecified atom stereocenters. The molecule has 1 aromatic carbocycles. The van der Waals surface area contributed by atoms with Crippen molar-refractivity contribution in [3.05, 3.63) is 47.7 Å². The molecule has 0 bridgehead atoms. The van der Waals surface area contributed by atoms with E-state index in [2.05, 4.69) is 10.5 Å². The van der Waals surface area contributed by atoms with Crippen LogP contribution in [0.3, 0.4) is 0 Å². The van der Waals surface area contributed by atoms with Crippen LogP contribution in [-0.4, -0.2) is 27.6 Å². The second kappa shape index (κ2) is 5.87. The predicted octanol–water partition coefficient (Wildman–Crippen LogP) is 1.33. The van der Waals surface area contributed by atoms with Crippen molar-refractivity contribution in [2.24, 2.45) is 5.10 Å². The third kappa shape index (κ3) is 3.34. The summed E-state index contributed by atoms with van der Waals surface area (Å²) < 4.78 is 4.94. The second-order valence-electron chi connectivity index (χ2n) is 3.71. The van der Waals surface area contributed by atoms with Crippen LogP contribution in [0.25, 0.3) is 0 Å². The smallest absolute Gasteiger partial charge is 0.271 e. The topological polar surface area (TPSA) is 119 Å². The van der Waals surface area contributed by atoms with E-state index in [1.54, 1.807) is 0 Å². The van der Waals surface area contributed by atoms with E-state index in [-0.39, 0.29) is 22.6 Å². The fourth-order valence-corrected chi connectivity index (χ4v) is 1.35. The number of hydrazone groups is 1. The summed E-state index contributed by atoms with van der Waals surface area (Å²) in [6.45, 7) is 0. The molecule has 4 N–H and O–H groups in total. The zero-order chi connectivity index (χ0) is 14.5. The molecule has 0 saturated heterocycles. The number of hydrogen-bond donors (Lipinski definition) is 4. The molecule has 2 aromatic rings. The molecule has 0 spiro atoms. The monoisotopic (exact) mass is 277 g/mol. The van der Waals surface area contributed by atoms with Crippen molar-refractivity contribution >= 4 is 18.0 Å². The predicted molar refractivity (Wildman–Crippen MR) is 67.9 cm³/mol. The van der Waals surface area contributed by atoms with Crippen molar-refractivity contribution in [1.82, 2.24) is 5.43 Å². The standard InChI is InChI=1S/C12H11N3O5/c16-9-3-1-8(2-4-9)12(17)14-13-7-10-5-6-11(20-10)15(18)19/h1-7,16,18-19H,(H,14,17). The zero-order valence-electron chi connectivity index (χ0n) is 10.1. The van der Waals surface area contributed by atoms with Gasteiger partial charge in [-0.3, -0.25) is 15.2 Å². The summed E-state index contributed by atoms with van der Waals surface area (Å²) in [6.07, 6.45) is 1.20. The highest BCUT2D eigenvalue weighted by Crippen LogP contribution is 2.13. The molecule has 0 atom stereocenters. The van der Waals surface area contributed by atoms with Crippen molar-refractivity contribution in [1.29, 1.82) is 0 Å². The van der Waals surface area contributed by atoms with Crippen LogP contribution in [-0.2, 0) is 0 Å². The Morgan fingerprint density at radius 1 is 1.20 bits per heavy atom.